The van der Waals surface area contributed by atoms with Gasteiger partial charge in [0.25, 0.3) is 0 Å². The predicted octanol–water partition coefficient (Wildman–Crippen LogP) is 2.92. The van der Waals surface area contributed by atoms with Gasteiger partial charge in [-0.05, 0) is 51.4 Å². The van der Waals surface area contributed by atoms with Gasteiger partial charge in [0.2, 0.25) is 0 Å². The minimum atomic E-state index is 0.690. The molecule has 1 atom stereocenters. The monoisotopic (exact) mass is 292 g/mol. The third-order valence-electron chi connectivity index (χ3n) is 3.85. The lowest BCUT2D eigenvalue weighted by Crippen LogP contribution is -2.26. The Morgan fingerprint density at radius 2 is 2.00 bits per heavy atom. The van der Waals surface area contributed by atoms with Gasteiger partial charge in [-0.25, -0.2) is 0 Å². The summed E-state index contributed by atoms with van der Waals surface area (Å²) in [5, 5.41) is 3.45. The van der Waals surface area contributed by atoms with Crippen LogP contribution in [0.5, 0.6) is 11.5 Å². The summed E-state index contributed by atoms with van der Waals surface area (Å²) in [7, 11) is 0. The van der Waals surface area contributed by atoms with Crippen molar-refractivity contribution in [1.29, 1.82) is 0 Å². The first-order valence-electron chi connectivity index (χ1n) is 8.13. The summed E-state index contributed by atoms with van der Waals surface area (Å²) in [5.74, 6) is 2.60. The summed E-state index contributed by atoms with van der Waals surface area (Å²) in [6.07, 6.45) is 1.23. The van der Waals surface area contributed by atoms with Crippen LogP contribution in [-0.4, -0.2) is 39.4 Å². The van der Waals surface area contributed by atoms with Crippen molar-refractivity contribution in [2.24, 2.45) is 5.92 Å². The molecule has 1 aromatic rings. The maximum Gasteiger partial charge on any atom is 0.142 e. The van der Waals surface area contributed by atoms with E-state index in [-0.39, 0.29) is 0 Å². The number of nitrogens with zero attached hydrogens (tertiary/aromatic N) is 1. The zero-order valence-electron chi connectivity index (χ0n) is 13.5. The van der Waals surface area contributed by atoms with E-state index in [0.29, 0.717) is 13.2 Å². The molecule has 4 nitrogen and oxygen atoms in total. The lowest BCUT2D eigenvalue weighted by molar-refractivity contribution is 0.331. The van der Waals surface area contributed by atoms with Gasteiger partial charge in [-0.2, -0.15) is 0 Å². The van der Waals surface area contributed by atoms with Gasteiger partial charge in [0, 0.05) is 19.2 Å². The average molecular weight is 292 g/mol. The van der Waals surface area contributed by atoms with Crippen molar-refractivity contribution in [1.82, 2.24) is 5.32 Å². The van der Waals surface area contributed by atoms with Crippen molar-refractivity contribution in [3.63, 3.8) is 0 Å². The minimum absolute atomic E-state index is 0.690. The highest BCUT2D eigenvalue weighted by molar-refractivity contribution is 5.62. The second-order valence-electron chi connectivity index (χ2n) is 5.40. The Balaban J connectivity index is 2.11. The smallest absolute Gasteiger partial charge is 0.142 e. The van der Waals surface area contributed by atoms with Gasteiger partial charge in [-0.1, -0.05) is 6.92 Å². The number of rotatable bonds is 8. The minimum Gasteiger partial charge on any atom is -0.494 e. The topological polar surface area (TPSA) is 33.7 Å². The van der Waals surface area contributed by atoms with Crippen LogP contribution in [0.25, 0.3) is 0 Å². The lowest BCUT2D eigenvalue weighted by Gasteiger charge is -2.23. The van der Waals surface area contributed by atoms with Gasteiger partial charge in [0.1, 0.15) is 11.5 Å². The number of hydrogen-bond acceptors (Lipinski definition) is 4. The number of anilines is 1. The maximum absolute atomic E-state index is 5.79. The molecule has 0 bridgehead atoms. The highest BCUT2D eigenvalue weighted by atomic mass is 16.5. The molecule has 0 amide bonds. The first kappa shape index (κ1) is 16.0. The van der Waals surface area contributed by atoms with Crippen LogP contribution in [0, 0.1) is 5.92 Å². The fraction of sp³-hybridized carbons (Fsp3) is 0.647. The van der Waals surface area contributed by atoms with Gasteiger partial charge in [-0.3, -0.25) is 0 Å². The molecule has 0 saturated carbocycles. The van der Waals surface area contributed by atoms with Crippen molar-refractivity contribution >= 4 is 5.69 Å². The number of ether oxygens (including phenoxy) is 2. The molecule has 1 aromatic carbocycles. The normalized spacial score (nSPS) is 18.0. The third kappa shape index (κ3) is 4.27. The second-order valence-corrected chi connectivity index (χ2v) is 5.40. The summed E-state index contributed by atoms with van der Waals surface area (Å²) in [6.45, 7) is 11.9. The summed E-state index contributed by atoms with van der Waals surface area (Å²) in [6, 6.07) is 6.13. The van der Waals surface area contributed by atoms with E-state index in [0.717, 1.165) is 43.6 Å². The molecule has 1 heterocycles. The fourth-order valence-electron chi connectivity index (χ4n) is 2.84. The molecule has 1 unspecified atom stereocenters. The Bertz CT molecular complexity index is 437. The Morgan fingerprint density at radius 3 is 2.71 bits per heavy atom. The van der Waals surface area contributed by atoms with Crippen LogP contribution in [0.4, 0.5) is 5.69 Å². The van der Waals surface area contributed by atoms with Crippen LogP contribution in [0.1, 0.15) is 27.2 Å². The first-order chi connectivity index (χ1) is 10.3. The van der Waals surface area contributed by atoms with E-state index >= 15 is 0 Å². The van der Waals surface area contributed by atoms with Gasteiger partial charge in [-0.15, -0.1) is 0 Å². The van der Waals surface area contributed by atoms with Crippen LogP contribution < -0.4 is 19.7 Å². The molecule has 0 aliphatic carbocycles. The molecule has 4 heteroatoms. The Kier molecular flexibility index (Phi) is 6.18. The van der Waals surface area contributed by atoms with Crippen molar-refractivity contribution < 1.29 is 9.47 Å². The number of nitrogens with one attached hydrogen (secondary N) is 1. The standard InChI is InChI=1S/C17H28N2O2/c1-4-18-12-14-9-10-19(13-14)16-11-15(20-5-2)7-8-17(16)21-6-3/h7-8,11,14,18H,4-6,9-10,12-13H2,1-3H3. The van der Waals surface area contributed by atoms with Crippen LogP contribution in [0.3, 0.4) is 0 Å². The molecule has 1 aliphatic heterocycles. The quantitative estimate of drug-likeness (QED) is 0.799. The SMILES string of the molecule is CCNCC1CCN(c2cc(OCC)ccc2OCC)C1. The van der Waals surface area contributed by atoms with Crippen molar-refractivity contribution in [3.8, 4) is 11.5 Å². The third-order valence-corrected chi connectivity index (χ3v) is 3.85. The van der Waals surface area contributed by atoms with E-state index in [1.165, 1.54) is 12.1 Å². The molecule has 1 fully saturated rings. The summed E-state index contributed by atoms with van der Waals surface area (Å²) >= 11 is 0. The zero-order chi connectivity index (χ0) is 15.1. The van der Waals surface area contributed by atoms with Crippen molar-refractivity contribution in [2.45, 2.75) is 27.2 Å². The van der Waals surface area contributed by atoms with E-state index in [2.05, 4.69) is 23.2 Å². The lowest BCUT2D eigenvalue weighted by atomic mass is 10.1. The van der Waals surface area contributed by atoms with E-state index in [4.69, 9.17) is 9.47 Å². The van der Waals surface area contributed by atoms with Crippen molar-refractivity contribution in [3.05, 3.63) is 18.2 Å². The molecule has 1 saturated heterocycles. The summed E-state index contributed by atoms with van der Waals surface area (Å²) in [5.41, 5.74) is 1.17. The Morgan fingerprint density at radius 1 is 1.19 bits per heavy atom. The molecule has 0 aromatic heterocycles. The summed E-state index contributed by atoms with van der Waals surface area (Å²) < 4.78 is 11.4. The molecule has 1 N–H and O–H groups in total. The van der Waals surface area contributed by atoms with E-state index in [1.807, 2.05) is 26.0 Å². The second kappa shape index (κ2) is 8.13. The van der Waals surface area contributed by atoms with E-state index < -0.39 is 0 Å². The highest BCUT2D eigenvalue weighted by Crippen LogP contribution is 2.35. The van der Waals surface area contributed by atoms with Crippen LogP contribution in [0.2, 0.25) is 0 Å². The molecule has 0 spiro atoms. The van der Waals surface area contributed by atoms with Crippen LogP contribution in [-0.2, 0) is 0 Å². The first-order valence-corrected chi connectivity index (χ1v) is 8.13. The molecule has 118 valence electrons. The molecular weight excluding hydrogens is 264 g/mol. The van der Waals surface area contributed by atoms with E-state index in [1.54, 1.807) is 0 Å². The molecule has 0 radical (unpaired) electrons. The fourth-order valence-corrected chi connectivity index (χ4v) is 2.84. The largest absolute Gasteiger partial charge is 0.494 e. The predicted molar refractivity (Wildman–Crippen MR) is 87.6 cm³/mol. The van der Waals surface area contributed by atoms with E-state index in [9.17, 15) is 0 Å². The van der Waals surface area contributed by atoms with Crippen LogP contribution in [0.15, 0.2) is 18.2 Å². The highest BCUT2D eigenvalue weighted by Gasteiger charge is 2.24. The molecular formula is C17H28N2O2. The number of benzene rings is 1. The molecule has 21 heavy (non-hydrogen) atoms. The van der Waals surface area contributed by atoms with Gasteiger partial charge < -0.3 is 19.7 Å². The van der Waals surface area contributed by atoms with Crippen molar-refractivity contribution in [2.75, 3.05) is 44.3 Å². The van der Waals surface area contributed by atoms with Crippen LogP contribution >= 0.6 is 0 Å². The summed E-state index contributed by atoms with van der Waals surface area (Å²) in [4.78, 5) is 2.43. The van der Waals surface area contributed by atoms with Gasteiger partial charge in [0.05, 0.1) is 18.9 Å². The Labute approximate surface area is 128 Å². The molecule has 2 rings (SSSR count). The maximum atomic E-state index is 5.79. The Hall–Kier alpha value is -1.42. The molecule has 1 aliphatic rings. The van der Waals surface area contributed by atoms with Gasteiger partial charge in [0.15, 0.2) is 0 Å². The zero-order valence-corrected chi connectivity index (χ0v) is 13.5. The number of hydrogen-bond donors (Lipinski definition) is 1. The average Bonchev–Trinajstić information content (AvgIpc) is 2.96. The van der Waals surface area contributed by atoms with Gasteiger partial charge >= 0.3 is 0 Å².